The molecule has 0 atom stereocenters. The molecule has 2 nitrogen and oxygen atoms in total. The molecule has 0 fully saturated rings. The Morgan fingerprint density at radius 1 is 0.900 bits per heavy atom. The third-order valence-electron chi connectivity index (χ3n) is 3.15. The number of benzene rings is 3. The van der Waals surface area contributed by atoms with Gasteiger partial charge < -0.3 is 11.1 Å². The van der Waals surface area contributed by atoms with E-state index in [9.17, 15) is 0 Å². The lowest BCUT2D eigenvalue weighted by Gasteiger charge is -2.13. The zero-order valence-corrected chi connectivity index (χ0v) is 14.3. The molecule has 0 aliphatic heterocycles. The van der Waals surface area contributed by atoms with Crippen LogP contribution in [0.3, 0.4) is 0 Å². The average molecular weight is 439 g/mol. The highest BCUT2D eigenvalue weighted by Crippen LogP contribution is 2.33. The van der Waals surface area contributed by atoms with Gasteiger partial charge in [-0.1, -0.05) is 40.2 Å². The molecule has 0 heterocycles. The first kappa shape index (κ1) is 13.7. The Bertz CT molecular complexity index is 787. The molecule has 0 aliphatic rings. The number of anilines is 3. The molecule has 0 radical (unpaired) electrons. The number of halogens is 2. The fourth-order valence-electron chi connectivity index (χ4n) is 2.16. The van der Waals surface area contributed by atoms with Crippen molar-refractivity contribution in [3.8, 4) is 0 Å². The van der Waals surface area contributed by atoms with Crippen LogP contribution in [0.2, 0.25) is 0 Å². The molecular weight excluding hydrogens is 427 g/mol. The van der Waals surface area contributed by atoms with E-state index < -0.39 is 0 Å². The van der Waals surface area contributed by atoms with Crippen molar-refractivity contribution in [2.24, 2.45) is 0 Å². The van der Waals surface area contributed by atoms with Gasteiger partial charge in [-0.3, -0.25) is 0 Å². The third-order valence-corrected chi connectivity index (χ3v) is 4.52. The van der Waals surface area contributed by atoms with Crippen molar-refractivity contribution in [3.63, 3.8) is 0 Å². The third kappa shape index (κ3) is 2.62. The molecule has 0 spiro atoms. The smallest absolute Gasteiger partial charge is 0.0618 e. The van der Waals surface area contributed by atoms with Crippen LogP contribution in [0.25, 0.3) is 10.8 Å². The first-order chi connectivity index (χ1) is 9.65. The second kappa shape index (κ2) is 5.61. The zero-order chi connectivity index (χ0) is 14.1. The van der Waals surface area contributed by atoms with E-state index in [2.05, 4.69) is 62.0 Å². The molecule has 0 bridgehead atoms. The lowest BCUT2D eigenvalue weighted by atomic mass is 10.1. The van der Waals surface area contributed by atoms with E-state index >= 15 is 0 Å². The predicted molar refractivity (Wildman–Crippen MR) is 98.5 cm³/mol. The van der Waals surface area contributed by atoms with Crippen molar-refractivity contribution in [1.82, 2.24) is 0 Å². The molecule has 0 amide bonds. The summed E-state index contributed by atoms with van der Waals surface area (Å²) in [5.41, 5.74) is 8.80. The lowest BCUT2D eigenvalue weighted by molar-refractivity contribution is 1.55. The number of fused-ring (bicyclic) bond motifs is 1. The summed E-state index contributed by atoms with van der Waals surface area (Å²) in [6.45, 7) is 0. The van der Waals surface area contributed by atoms with Crippen LogP contribution in [0.15, 0.2) is 59.1 Å². The molecule has 3 N–H and O–H groups in total. The monoisotopic (exact) mass is 438 g/mol. The molecule has 20 heavy (non-hydrogen) atoms. The number of hydrogen-bond acceptors (Lipinski definition) is 2. The number of nitrogens with two attached hydrogens (primary N) is 1. The fraction of sp³-hybridized carbons (Fsp3) is 0. The highest BCUT2D eigenvalue weighted by Gasteiger charge is 2.06. The summed E-state index contributed by atoms with van der Waals surface area (Å²) in [6, 6.07) is 18.4. The topological polar surface area (TPSA) is 38.0 Å². The molecule has 0 saturated carbocycles. The summed E-state index contributed by atoms with van der Waals surface area (Å²) < 4.78 is 2.22. The van der Waals surface area contributed by atoms with Gasteiger partial charge in [0.25, 0.3) is 0 Å². The van der Waals surface area contributed by atoms with Crippen LogP contribution in [0.1, 0.15) is 0 Å². The van der Waals surface area contributed by atoms with Crippen molar-refractivity contribution in [3.05, 3.63) is 62.6 Å². The Balaban J connectivity index is 2.09. The Kier molecular flexibility index (Phi) is 3.85. The van der Waals surface area contributed by atoms with E-state index in [1.54, 1.807) is 0 Å². The van der Waals surface area contributed by atoms with E-state index in [0.717, 1.165) is 25.1 Å². The summed E-state index contributed by atoms with van der Waals surface area (Å²) in [6.07, 6.45) is 0. The molecule has 100 valence electrons. The van der Waals surface area contributed by atoms with E-state index in [4.69, 9.17) is 5.73 Å². The quantitative estimate of drug-likeness (QED) is 0.407. The van der Waals surface area contributed by atoms with E-state index in [1.165, 1.54) is 10.8 Å². The van der Waals surface area contributed by atoms with Crippen LogP contribution in [-0.2, 0) is 0 Å². The highest BCUT2D eigenvalue weighted by atomic mass is 127. The second-order valence-electron chi connectivity index (χ2n) is 4.50. The van der Waals surface area contributed by atoms with Gasteiger partial charge >= 0.3 is 0 Å². The van der Waals surface area contributed by atoms with Crippen molar-refractivity contribution >= 4 is 66.4 Å². The van der Waals surface area contributed by atoms with Crippen LogP contribution < -0.4 is 11.1 Å². The molecule has 3 aromatic rings. The van der Waals surface area contributed by atoms with Crippen LogP contribution >= 0.6 is 38.5 Å². The van der Waals surface area contributed by atoms with Gasteiger partial charge in [0.15, 0.2) is 0 Å². The SMILES string of the molecule is Nc1cc(I)ccc1Nc1ccc(Br)c2ccccc12. The summed E-state index contributed by atoms with van der Waals surface area (Å²) in [4.78, 5) is 0. The molecular formula is C16H12BrIN2. The van der Waals surface area contributed by atoms with Crippen molar-refractivity contribution in [2.75, 3.05) is 11.1 Å². The van der Waals surface area contributed by atoms with Crippen molar-refractivity contribution in [1.29, 1.82) is 0 Å². The maximum absolute atomic E-state index is 6.07. The first-order valence-electron chi connectivity index (χ1n) is 6.14. The summed E-state index contributed by atoms with van der Waals surface area (Å²) >= 11 is 5.84. The maximum atomic E-state index is 6.07. The largest absolute Gasteiger partial charge is 0.397 e. The van der Waals surface area contributed by atoms with Gasteiger partial charge in [0.05, 0.1) is 11.4 Å². The fourth-order valence-corrected chi connectivity index (χ4v) is 3.16. The Labute approximate surface area is 139 Å². The molecule has 3 aromatic carbocycles. The standard InChI is InChI=1S/C16H12BrIN2/c17-13-6-8-15(12-4-2-1-3-11(12)13)20-16-7-5-10(18)9-14(16)19/h1-9,20H,19H2. The average Bonchev–Trinajstić information content (AvgIpc) is 2.45. The minimum atomic E-state index is 0.754. The van der Waals surface area contributed by atoms with Crippen molar-refractivity contribution in [2.45, 2.75) is 0 Å². The molecule has 0 aromatic heterocycles. The summed E-state index contributed by atoms with van der Waals surface area (Å²) in [5, 5.41) is 5.77. The summed E-state index contributed by atoms with van der Waals surface area (Å²) in [5.74, 6) is 0. The minimum Gasteiger partial charge on any atom is -0.397 e. The van der Waals surface area contributed by atoms with Gasteiger partial charge in [-0.15, -0.1) is 0 Å². The maximum Gasteiger partial charge on any atom is 0.0618 e. The molecule has 4 heteroatoms. The Morgan fingerprint density at radius 2 is 1.60 bits per heavy atom. The van der Waals surface area contributed by atoms with Crippen LogP contribution in [-0.4, -0.2) is 0 Å². The van der Waals surface area contributed by atoms with Gasteiger partial charge in [0.2, 0.25) is 0 Å². The minimum absolute atomic E-state index is 0.754. The number of nitrogen functional groups attached to an aromatic ring is 1. The number of nitrogens with one attached hydrogen (secondary N) is 1. The van der Waals surface area contributed by atoms with Gasteiger partial charge in [-0.05, 0) is 58.3 Å². The molecule has 0 unspecified atom stereocenters. The van der Waals surface area contributed by atoms with E-state index in [1.807, 2.05) is 36.4 Å². The van der Waals surface area contributed by atoms with Crippen LogP contribution in [0.5, 0.6) is 0 Å². The molecule has 0 saturated heterocycles. The normalized spacial score (nSPS) is 10.7. The Morgan fingerprint density at radius 3 is 2.35 bits per heavy atom. The van der Waals surface area contributed by atoms with Gasteiger partial charge in [0, 0.05) is 19.1 Å². The summed E-state index contributed by atoms with van der Waals surface area (Å²) in [7, 11) is 0. The number of rotatable bonds is 2. The van der Waals surface area contributed by atoms with Gasteiger partial charge in [0.1, 0.15) is 0 Å². The van der Waals surface area contributed by atoms with Crippen LogP contribution in [0, 0.1) is 3.57 Å². The predicted octanol–water partition coefficient (Wildman–Crippen LogP) is 5.53. The van der Waals surface area contributed by atoms with E-state index in [0.29, 0.717) is 0 Å². The molecule has 3 rings (SSSR count). The second-order valence-corrected chi connectivity index (χ2v) is 6.60. The lowest BCUT2D eigenvalue weighted by Crippen LogP contribution is -1.97. The molecule has 0 aliphatic carbocycles. The zero-order valence-electron chi connectivity index (χ0n) is 10.5. The van der Waals surface area contributed by atoms with Gasteiger partial charge in [-0.2, -0.15) is 0 Å². The first-order valence-corrected chi connectivity index (χ1v) is 8.01. The van der Waals surface area contributed by atoms with Gasteiger partial charge in [-0.25, -0.2) is 0 Å². The van der Waals surface area contributed by atoms with Crippen LogP contribution in [0.4, 0.5) is 17.1 Å². The van der Waals surface area contributed by atoms with Crippen molar-refractivity contribution < 1.29 is 0 Å². The van der Waals surface area contributed by atoms with E-state index in [-0.39, 0.29) is 0 Å². The highest BCUT2D eigenvalue weighted by molar-refractivity contribution is 14.1. The number of hydrogen-bond donors (Lipinski definition) is 2. The Hall–Kier alpha value is -1.27.